The quantitative estimate of drug-likeness (QED) is 0.284. The number of carbonyl (C=O) groups excluding carboxylic acids is 4. The van der Waals surface area contributed by atoms with Crippen molar-refractivity contribution in [3.63, 3.8) is 0 Å². The highest BCUT2D eigenvalue weighted by atomic mass is 32.2. The van der Waals surface area contributed by atoms with Gasteiger partial charge in [-0.05, 0) is 33.3 Å². The number of primary amides is 1. The number of carboxylic acids is 1. The second kappa shape index (κ2) is 9.98. The molecule has 11 nitrogen and oxygen atoms in total. The van der Waals surface area contributed by atoms with Gasteiger partial charge in [0.15, 0.2) is 11.6 Å². The zero-order valence-electron chi connectivity index (χ0n) is 19.8. The Morgan fingerprint density at radius 2 is 1.89 bits per heavy atom. The lowest BCUT2D eigenvalue weighted by molar-refractivity contribution is -0.160. The number of nitrogens with one attached hydrogen (secondary N) is 1. The number of fused-ring (bicyclic) bond motifs is 1. The topological polar surface area (TPSA) is 159 Å². The number of amides is 4. The molecule has 1 aromatic rings. The van der Waals surface area contributed by atoms with Crippen LogP contribution >= 0.6 is 11.8 Å². The fourth-order valence-corrected chi connectivity index (χ4v) is 5.28. The molecular formula is C23H28N4O7S. The van der Waals surface area contributed by atoms with Crippen molar-refractivity contribution in [3.05, 3.63) is 47.3 Å². The standard InChI is InChI=1S/C23H28N4O7S/c1-5-26(22(24)33)13-11-35-19-15(18(29)27(19)16(13)20(30)31)25-17(28)14(12-9-7-6-8-10-12)21(32)34-23(2,3)4/h6-10,14-15,19H,5,11H2,1-4H3,(H2,24,33)(H,25,28)(H,30,31)/t14?,15?,19-/m1/s1. The summed E-state index contributed by atoms with van der Waals surface area (Å²) in [6.45, 7) is 6.80. The molecule has 2 unspecified atom stereocenters. The molecule has 2 aliphatic heterocycles. The van der Waals surface area contributed by atoms with Crippen molar-refractivity contribution >= 4 is 41.5 Å². The first-order valence-corrected chi connectivity index (χ1v) is 12.0. The number of ether oxygens (including phenoxy) is 1. The molecule has 1 saturated heterocycles. The fraction of sp³-hybridized carbons (Fsp3) is 0.435. The molecule has 0 spiro atoms. The van der Waals surface area contributed by atoms with E-state index in [0.29, 0.717) is 5.56 Å². The van der Waals surface area contributed by atoms with Gasteiger partial charge >= 0.3 is 18.0 Å². The van der Waals surface area contributed by atoms with Gasteiger partial charge in [-0.2, -0.15) is 0 Å². The van der Waals surface area contributed by atoms with E-state index in [1.807, 2.05) is 0 Å². The third-order valence-corrected chi connectivity index (χ3v) is 6.66. The number of benzene rings is 1. The van der Waals surface area contributed by atoms with Crippen LogP contribution in [0.3, 0.4) is 0 Å². The Morgan fingerprint density at radius 1 is 1.26 bits per heavy atom. The Hall–Kier alpha value is -3.54. The minimum atomic E-state index is -1.39. The maximum absolute atomic E-state index is 13.2. The smallest absolute Gasteiger partial charge is 0.354 e. The highest BCUT2D eigenvalue weighted by Crippen LogP contribution is 2.41. The number of nitrogens with two attached hydrogens (primary N) is 1. The van der Waals surface area contributed by atoms with Crippen molar-refractivity contribution in [2.75, 3.05) is 12.3 Å². The van der Waals surface area contributed by atoms with Gasteiger partial charge in [-0.3, -0.25) is 24.2 Å². The van der Waals surface area contributed by atoms with Gasteiger partial charge in [0.2, 0.25) is 5.91 Å². The minimum Gasteiger partial charge on any atom is -0.477 e. The average molecular weight is 505 g/mol. The summed E-state index contributed by atoms with van der Waals surface area (Å²) < 4.78 is 5.43. The molecular weight excluding hydrogens is 476 g/mol. The van der Waals surface area contributed by atoms with E-state index in [4.69, 9.17) is 10.5 Å². The van der Waals surface area contributed by atoms with Crippen molar-refractivity contribution in [2.45, 2.75) is 50.6 Å². The van der Waals surface area contributed by atoms with Gasteiger partial charge in [0, 0.05) is 12.3 Å². The van der Waals surface area contributed by atoms with Gasteiger partial charge < -0.3 is 20.9 Å². The number of urea groups is 1. The number of carbonyl (C=O) groups is 5. The van der Waals surface area contributed by atoms with E-state index >= 15 is 0 Å². The van der Waals surface area contributed by atoms with E-state index in [1.54, 1.807) is 58.0 Å². The first-order chi connectivity index (χ1) is 16.4. The molecule has 0 aromatic heterocycles. The SMILES string of the molecule is CCN(C(N)=O)C1=C(C(=O)O)N2C(=O)C(NC(=O)C(C(=O)OC(C)(C)C)c3ccccc3)[C@H]2SC1. The number of thioether (sulfide) groups is 1. The van der Waals surface area contributed by atoms with Crippen molar-refractivity contribution in [1.82, 2.24) is 15.1 Å². The number of esters is 1. The maximum atomic E-state index is 13.2. The summed E-state index contributed by atoms with van der Waals surface area (Å²) in [5, 5.41) is 11.7. The first kappa shape index (κ1) is 26.1. The molecule has 4 N–H and O–H groups in total. The number of rotatable bonds is 7. The van der Waals surface area contributed by atoms with Crippen LogP contribution in [0, 0.1) is 0 Å². The van der Waals surface area contributed by atoms with Crippen molar-refractivity contribution in [1.29, 1.82) is 0 Å². The molecule has 3 rings (SSSR count). The summed E-state index contributed by atoms with van der Waals surface area (Å²) in [7, 11) is 0. The van der Waals surface area contributed by atoms with Gasteiger partial charge in [0.05, 0.1) is 5.70 Å². The summed E-state index contributed by atoms with van der Waals surface area (Å²) in [4.78, 5) is 65.0. The van der Waals surface area contributed by atoms with Crippen LogP contribution in [0.15, 0.2) is 41.7 Å². The Bertz CT molecular complexity index is 1080. The minimum absolute atomic E-state index is 0.0907. The lowest BCUT2D eigenvalue weighted by atomic mass is 9.96. The highest BCUT2D eigenvalue weighted by Gasteiger charge is 2.55. The average Bonchev–Trinajstić information content (AvgIpc) is 2.76. The Balaban J connectivity index is 1.86. The molecule has 1 aromatic carbocycles. The second-order valence-electron chi connectivity index (χ2n) is 8.96. The van der Waals surface area contributed by atoms with E-state index in [2.05, 4.69) is 5.32 Å². The molecule has 0 bridgehead atoms. The summed E-state index contributed by atoms with van der Waals surface area (Å²) >= 11 is 1.19. The van der Waals surface area contributed by atoms with E-state index < -0.39 is 52.7 Å². The van der Waals surface area contributed by atoms with Gasteiger partial charge in [-0.25, -0.2) is 9.59 Å². The molecule has 0 aliphatic carbocycles. The summed E-state index contributed by atoms with van der Waals surface area (Å²) in [6.07, 6.45) is 0. The van der Waals surface area contributed by atoms with Crippen molar-refractivity contribution in [3.8, 4) is 0 Å². The normalized spacial score (nSPS) is 20.3. The van der Waals surface area contributed by atoms with Crippen molar-refractivity contribution in [2.24, 2.45) is 5.73 Å². The lowest BCUT2D eigenvalue weighted by Crippen LogP contribution is -2.71. The maximum Gasteiger partial charge on any atom is 0.354 e. The predicted molar refractivity (Wildman–Crippen MR) is 127 cm³/mol. The summed E-state index contributed by atoms with van der Waals surface area (Å²) in [5.41, 5.74) is 4.70. The predicted octanol–water partition coefficient (Wildman–Crippen LogP) is 1.21. The van der Waals surface area contributed by atoms with Gasteiger partial charge in [-0.1, -0.05) is 30.3 Å². The van der Waals surface area contributed by atoms with Crippen LogP contribution in [0.1, 0.15) is 39.2 Å². The lowest BCUT2D eigenvalue weighted by Gasteiger charge is -2.50. The third kappa shape index (κ3) is 5.26. The van der Waals surface area contributed by atoms with Crippen LogP contribution in [0.25, 0.3) is 0 Å². The molecule has 0 radical (unpaired) electrons. The second-order valence-corrected chi connectivity index (χ2v) is 10.1. The number of aliphatic carboxylic acids is 1. The van der Waals surface area contributed by atoms with E-state index in [-0.39, 0.29) is 23.7 Å². The molecule has 4 amide bonds. The van der Waals surface area contributed by atoms with Gasteiger partial charge in [-0.15, -0.1) is 11.8 Å². The van der Waals surface area contributed by atoms with E-state index in [0.717, 1.165) is 9.80 Å². The molecule has 0 saturated carbocycles. The Kier molecular flexibility index (Phi) is 7.44. The van der Waals surface area contributed by atoms with Crippen LogP contribution in [0.4, 0.5) is 4.79 Å². The highest BCUT2D eigenvalue weighted by molar-refractivity contribution is 8.00. The molecule has 2 heterocycles. The number of hydrogen-bond acceptors (Lipinski definition) is 7. The monoisotopic (exact) mass is 504 g/mol. The Morgan fingerprint density at radius 3 is 2.40 bits per heavy atom. The molecule has 2 aliphatic rings. The van der Waals surface area contributed by atoms with Crippen LogP contribution in [0.2, 0.25) is 0 Å². The number of nitrogens with zero attached hydrogens (tertiary/aromatic N) is 2. The van der Waals surface area contributed by atoms with E-state index in [1.165, 1.54) is 11.8 Å². The molecule has 3 atom stereocenters. The summed E-state index contributed by atoms with van der Waals surface area (Å²) in [6, 6.07) is 6.43. The molecule has 12 heteroatoms. The zero-order valence-corrected chi connectivity index (χ0v) is 20.6. The first-order valence-electron chi connectivity index (χ1n) is 10.9. The molecule has 35 heavy (non-hydrogen) atoms. The fourth-order valence-electron chi connectivity index (χ4n) is 3.93. The zero-order chi connectivity index (χ0) is 26.1. The van der Waals surface area contributed by atoms with Crippen LogP contribution in [-0.2, 0) is 23.9 Å². The number of β-lactam (4-membered cyclic amide) rings is 1. The summed E-state index contributed by atoms with van der Waals surface area (Å²) in [5.74, 6) is -4.78. The van der Waals surface area contributed by atoms with Crippen LogP contribution in [0.5, 0.6) is 0 Å². The largest absolute Gasteiger partial charge is 0.477 e. The molecule has 188 valence electrons. The number of hydrogen-bond donors (Lipinski definition) is 3. The van der Waals surface area contributed by atoms with Crippen LogP contribution in [-0.4, -0.2) is 74.0 Å². The third-order valence-electron chi connectivity index (χ3n) is 5.39. The van der Waals surface area contributed by atoms with Crippen LogP contribution < -0.4 is 11.1 Å². The van der Waals surface area contributed by atoms with Crippen molar-refractivity contribution < 1.29 is 33.8 Å². The molecule has 1 fully saturated rings. The van der Waals surface area contributed by atoms with Gasteiger partial charge in [0.1, 0.15) is 17.0 Å². The van der Waals surface area contributed by atoms with E-state index in [9.17, 15) is 29.1 Å². The van der Waals surface area contributed by atoms with Gasteiger partial charge in [0.25, 0.3) is 5.91 Å². The Labute approximate surface area is 206 Å². The number of carboxylic acid groups (broad SMARTS) is 1.